The number of nitrogens with zero attached hydrogens (tertiary/aromatic N) is 2. The van der Waals surface area contributed by atoms with E-state index in [1.54, 1.807) is 18.5 Å². The number of rotatable bonds is 7. The van der Waals surface area contributed by atoms with Gasteiger partial charge in [0.15, 0.2) is 6.61 Å². The number of benzene rings is 2. The van der Waals surface area contributed by atoms with E-state index in [1.807, 2.05) is 30.3 Å². The highest BCUT2D eigenvalue weighted by Gasteiger charge is 2.30. The second-order valence-electron chi connectivity index (χ2n) is 7.26. The number of halogens is 3. The molecule has 11 heteroatoms. The molecule has 0 bridgehead atoms. The Kier molecular flexibility index (Phi) is 7.34. The lowest BCUT2D eigenvalue weighted by atomic mass is 10.1. The molecule has 2 N–H and O–H groups in total. The van der Waals surface area contributed by atoms with Crippen molar-refractivity contribution in [3.05, 3.63) is 77.1 Å². The predicted octanol–water partition coefficient (Wildman–Crippen LogP) is 3.42. The fraction of sp³-hybridized carbons (Fsp3) is 0.217. The number of nitrogens with one attached hydrogen (secondary N) is 2. The summed E-state index contributed by atoms with van der Waals surface area (Å²) in [5.41, 5.74) is 1.62. The summed E-state index contributed by atoms with van der Waals surface area (Å²) >= 11 is 0. The molecule has 0 unspecified atom stereocenters. The summed E-state index contributed by atoms with van der Waals surface area (Å²) < 4.78 is 44.3. The minimum absolute atomic E-state index is 0.0556. The Hall–Kier alpha value is -4.15. The van der Waals surface area contributed by atoms with Gasteiger partial charge in [-0.15, -0.1) is 0 Å². The monoisotopic (exact) mass is 474 g/mol. The van der Waals surface area contributed by atoms with Crippen molar-refractivity contribution in [2.24, 2.45) is 0 Å². The van der Waals surface area contributed by atoms with Gasteiger partial charge in [0.25, 0.3) is 11.8 Å². The Bertz CT molecular complexity index is 1190. The molecule has 0 saturated carbocycles. The van der Waals surface area contributed by atoms with Gasteiger partial charge >= 0.3 is 12.1 Å². The van der Waals surface area contributed by atoms with E-state index in [9.17, 15) is 27.6 Å². The van der Waals surface area contributed by atoms with Crippen LogP contribution in [0.2, 0.25) is 0 Å². The zero-order valence-corrected chi connectivity index (χ0v) is 18.3. The fourth-order valence-electron chi connectivity index (χ4n) is 3.08. The second kappa shape index (κ2) is 10.2. The number of anilines is 1. The minimum atomic E-state index is -4.52. The van der Waals surface area contributed by atoms with Crippen LogP contribution in [0, 0.1) is 13.8 Å². The number of para-hydroxylation sites is 1. The van der Waals surface area contributed by atoms with Crippen LogP contribution in [-0.2, 0) is 20.5 Å². The summed E-state index contributed by atoms with van der Waals surface area (Å²) in [5.74, 6) is -2.24. The molecular weight excluding hydrogens is 453 g/mol. The van der Waals surface area contributed by atoms with Crippen LogP contribution in [0.4, 0.5) is 18.9 Å². The lowest BCUT2D eigenvalue weighted by Crippen LogP contribution is -2.32. The topological polar surface area (TPSA) is 102 Å². The molecule has 0 aliphatic rings. The highest BCUT2D eigenvalue weighted by atomic mass is 19.4. The second-order valence-corrected chi connectivity index (χ2v) is 7.26. The number of aromatic nitrogens is 2. The highest BCUT2D eigenvalue weighted by molar-refractivity contribution is 5.97. The summed E-state index contributed by atoms with van der Waals surface area (Å²) in [7, 11) is 0. The van der Waals surface area contributed by atoms with Crippen LogP contribution in [0.25, 0.3) is 5.69 Å². The van der Waals surface area contributed by atoms with E-state index in [1.165, 1.54) is 0 Å². The van der Waals surface area contributed by atoms with Crippen LogP contribution in [0.1, 0.15) is 27.3 Å². The van der Waals surface area contributed by atoms with Crippen molar-refractivity contribution in [1.82, 2.24) is 15.1 Å². The molecule has 2 aromatic carbocycles. The average Bonchev–Trinajstić information content (AvgIpc) is 3.09. The zero-order valence-electron chi connectivity index (χ0n) is 18.3. The molecule has 1 aromatic heterocycles. The van der Waals surface area contributed by atoms with Gasteiger partial charge in [0.05, 0.1) is 28.3 Å². The summed E-state index contributed by atoms with van der Waals surface area (Å²) in [4.78, 5) is 36.1. The molecule has 0 aliphatic heterocycles. The van der Waals surface area contributed by atoms with Crippen LogP contribution in [0.15, 0.2) is 54.6 Å². The van der Waals surface area contributed by atoms with Crippen LogP contribution in [0.3, 0.4) is 0 Å². The number of amides is 2. The average molecular weight is 474 g/mol. The number of aryl methyl sites for hydroxylation is 1. The van der Waals surface area contributed by atoms with E-state index < -0.39 is 42.7 Å². The number of hydrogen-bond donors (Lipinski definition) is 2. The van der Waals surface area contributed by atoms with E-state index in [0.717, 1.165) is 30.0 Å². The van der Waals surface area contributed by atoms with E-state index in [2.05, 4.69) is 15.7 Å². The molecule has 8 nitrogen and oxygen atoms in total. The molecular formula is C23H21F3N4O4. The number of esters is 1. The van der Waals surface area contributed by atoms with Crippen molar-refractivity contribution in [3.8, 4) is 5.69 Å². The summed E-state index contributed by atoms with van der Waals surface area (Å²) in [6, 6.07) is 12.9. The van der Waals surface area contributed by atoms with Gasteiger partial charge in [-0.1, -0.05) is 18.2 Å². The number of carbonyl (C=O) groups is 3. The molecule has 0 aliphatic carbocycles. The Labute approximate surface area is 192 Å². The number of alkyl halides is 3. The number of ether oxygens (including phenoxy) is 1. The van der Waals surface area contributed by atoms with Crippen LogP contribution >= 0.6 is 0 Å². The molecule has 3 aromatic rings. The van der Waals surface area contributed by atoms with Crippen molar-refractivity contribution in [2.75, 3.05) is 18.5 Å². The Morgan fingerprint density at radius 3 is 2.26 bits per heavy atom. The molecule has 178 valence electrons. The van der Waals surface area contributed by atoms with E-state index >= 15 is 0 Å². The fourth-order valence-corrected chi connectivity index (χ4v) is 3.08. The van der Waals surface area contributed by atoms with Crippen molar-refractivity contribution < 1.29 is 32.3 Å². The number of hydrogen-bond acceptors (Lipinski definition) is 5. The van der Waals surface area contributed by atoms with Crippen LogP contribution in [-0.4, -0.2) is 40.7 Å². The van der Waals surface area contributed by atoms with E-state index in [-0.39, 0.29) is 5.56 Å². The van der Waals surface area contributed by atoms with Gasteiger partial charge < -0.3 is 15.4 Å². The Balaban J connectivity index is 1.49. The molecule has 0 saturated heterocycles. The van der Waals surface area contributed by atoms with Crippen molar-refractivity contribution in [2.45, 2.75) is 20.0 Å². The first-order valence-corrected chi connectivity index (χ1v) is 10.1. The summed E-state index contributed by atoms with van der Waals surface area (Å²) in [5, 5.41) is 9.29. The van der Waals surface area contributed by atoms with Crippen molar-refractivity contribution in [1.29, 1.82) is 0 Å². The first-order chi connectivity index (χ1) is 16.1. The van der Waals surface area contributed by atoms with Gasteiger partial charge in [0, 0.05) is 5.56 Å². The first kappa shape index (κ1) is 24.5. The maximum absolute atomic E-state index is 12.6. The quantitative estimate of drug-likeness (QED) is 0.511. The smallest absolute Gasteiger partial charge is 0.416 e. The summed E-state index contributed by atoms with van der Waals surface area (Å²) in [6.45, 7) is 2.36. The van der Waals surface area contributed by atoms with Crippen molar-refractivity contribution in [3.63, 3.8) is 0 Å². The molecule has 3 rings (SSSR count). The Morgan fingerprint density at radius 2 is 1.65 bits per heavy atom. The first-order valence-electron chi connectivity index (χ1n) is 10.1. The molecule has 0 radical (unpaired) electrons. The third-order valence-corrected chi connectivity index (χ3v) is 4.79. The molecule has 1 heterocycles. The summed E-state index contributed by atoms with van der Waals surface area (Å²) in [6.07, 6.45) is -4.52. The van der Waals surface area contributed by atoms with Gasteiger partial charge in [-0.05, 0) is 50.2 Å². The predicted molar refractivity (Wildman–Crippen MR) is 116 cm³/mol. The highest BCUT2D eigenvalue weighted by Crippen LogP contribution is 2.29. The zero-order chi connectivity index (χ0) is 24.9. The molecule has 0 atom stereocenters. The van der Waals surface area contributed by atoms with Crippen molar-refractivity contribution >= 4 is 23.5 Å². The maximum Gasteiger partial charge on any atom is 0.416 e. The van der Waals surface area contributed by atoms with Gasteiger partial charge in [-0.25, -0.2) is 4.68 Å². The van der Waals surface area contributed by atoms with Gasteiger partial charge in [0.2, 0.25) is 0 Å². The Morgan fingerprint density at radius 1 is 1.00 bits per heavy atom. The largest absolute Gasteiger partial charge is 0.454 e. The van der Waals surface area contributed by atoms with Gasteiger partial charge in [0.1, 0.15) is 6.54 Å². The van der Waals surface area contributed by atoms with Gasteiger partial charge in [-0.3, -0.25) is 14.4 Å². The minimum Gasteiger partial charge on any atom is -0.454 e. The normalized spacial score (nSPS) is 11.1. The van der Waals surface area contributed by atoms with Crippen LogP contribution in [0.5, 0.6) is 0 Å². The molecule has 0 fully saturated rings. The lowest BCUT2D eigenvalue weighted by Gasteiger charge is -2.09. The third kappa shape index (κ3) is 6.00. The third-order valence-electron chi connectivity index (χ3n) is 4.79. The molecule has 34 heavy (non-hydrogen) atoms. The number of carbonyl (C=O) groups excluding carboxylic acids is 3. The van der Waals surface area contributed by atoms with E-state index in [0.29, 0.717) is 17.1 Å². The molecule has 2 amide bonds. The van der Waals surface area contributed by atoms with Gasteiger partial charge in [-0.2, -0.15) is 18.3 Å². The standard InChI is InChI=1S/C23H21F3N4O4/c1-14-21(15(2)30(29-14)18-6-4-3-5-7-18)28-19(31)13-34-20(32)12-27-22(33)16-8-10-17(11-9-16)23(24,25)26/h3-11H,12-13H2,1-2H3,(H,27,33)(H,28,31). The lowest BCUT2D eigenvalue weighted by molar-refractivity contribution is -0.146. The van der Waals surface area contributed by atoms with Crippen LogP contribution < -0.4 is 10.6 Å². The SMILES string of the molecule is Cc1nn(-c2ccccc2)c(C)c1NC(=O)COC(=O)CNC(=O)c1ccc(C(F)(F)F)cc1. The molecule has 0 spiro atoms. The van der Waals surface area contributed by atoms with E-state index in [4.69, 9.17) is 4.74 Å². The maximum atomic E-state index is 12.6.